The molecular weight excluding hydrogens is 196 g/mol. The topological polar surface area (TPSA) is 80.8 Å². The molecule has 0 unspecified atom stereocenters. The van der Waals surface area contributed by atoms with Crippen molar-refractivity contribution in [3.8, 4) is 6.07 Å². The van der Waals surface area contributed by atoms with E-state index in [0.29, 0.717) is 6.54 Å². The predicted octanol–water partition coefficient (Wildman–Crippen LogP) is 0.349. The van der Waals surface area contributed by atoms with Crippen LogP contribution >= 0.6 is 0 Å². The van der Waals surface area contributed by atoms with Crippen LogP contribution in [-0.2, 0) is 16.1 Å². The first-order valence-electron chi connectivity index (χ1n) is 4.37. The molecular formula is C9H12N4O2. The molecule has 0 radical (unpaired) electrons. The van der Waals surface area contributed by atoms with E-state index in [-0.39, 0.29) is 11.8 Å². The Kier molecular flexibility index (Phi) is 3.04. The van der Waals surface area contributed by atoms with Gasteiger partial charge in [0, 0.05) is 0 Å². The molecule has 1 aromatic heterocycles. The molecule has 0 aliphatic heterocycles. The van der Waals surface area contributed by atoms with E-state index in [0.717, 1.165) is 0 Å². The van der Waals surface area contributed by atoms with E-state index < -0.39 is 5.41 Å². The maximum atomic E-state index is 11.4. The average Bonchev–Trinajstić information content (AvgIpc) is 2.63. The number of carbonyl (C=O) groups excluding carboxylic acids is 1. The number of rotatable bonds is 3. The molecule has 0 aliphatic carbocycles. The first-order valence-corrected chi connectivity index (χ1v) is 4.37. The third-order valence-corrected chi connectivity index (χ3v) is 1.93. The number of aromatic nitrogens is 3. The summed E-state index contributed by atoms with van der Waals surface area (Å²) in [5, 5.41) is 12.4. The number of carbonyl (C=O) groups is 1. The quantitative estimate of drug-likeness (QED) is 0.669. The zero-order chi connectivity index (χ0) is 11.5. The maximum absolute atomic E-state index is 11.4. The Hall–Kier alpha value is -1.90. The molecule has 0 atom stereocenters. The number of nitrogens with zero attached hydrogens (tertiary/aromatic N) is 4. The molecule has 0 N–H and O–H groups in total. The molecule has 15 heavy (non-hydrogen) atoms. The van der Waals surface area contributed by atoms with Gasteiger partial charge >= 0.3 is 5.97 Å². The maximum Gasteiger partial charge on any atom is 0.313 e. The van der Waals surface area contributed by atoms with Gasteiger partial charge in [-0.2, -0.15) is 5.26 Å². The fourth-order valence-corrected chi connectivity index (χ4v) is 1.17. The predicted molar refractivity (Wildman–Crippen MR) is 50.5 cm³/mol. The molecule has 0 spiro atoms. The van der Waals surface area contributed by atoms with Crippen LogP contribution in [0.3, 0.4) is 0 Å². The zero-order valence-corrected chi connectivity index (χ0v) is 8.89. The van der Waals surface area contributed by atoms with Crippen molar-refractivity contribution < 1.29 is 9.53 Å². The number of ether oxygens (including phenoxy) is 1. The lowest BCUT2D eigenvalue weighted by molar-refractivity contribution is -0.151. The van der Waals surface area contributed by atoms with Crippen LogP contribution in [0.15, 0.2) is 6.33 Å². The highest BCUT2D eigenvalue weighted by molar-refractivity contribution is 5.75. The molecule has 0 fully saturated rings. The lowest BCUT2D eigenvalue weighted by Crippen LogP contribution is -2.30. The summed E-state index contributed by atoms with van der Waals surface area (Å²) in [4.78, 5) is 15.1. The highest BCUT2D eigenvalue weighted by atomic mass is 16.5. The van der Waals surface area contributed by atoms with Crippen molar-refractivity contribution in [2.75, 3.05) is 7.11 Å². The highest BCUT2D eigenvalue weighted by Crippen LogP contribution is 2.19. The monoisotopic (exact) mass is 208 g/mol. The van der Waals surface area contributed by atoms with Gasteiger partial charge in [-0.1, -0.05) is 0 Å². The summed E-state index contributed by atoms with van der Waals surface area (Å²) in [6.45, 7) is 3.81. The third-order valence-electron chi connectivity index (χ3n) is 1.93. The van der Waals surface area contributed by atoms with Gasteiger partial charge in [0.15, 0.2) is 0 Å². The molecule has 1 heterocycles. The van der Waals surface area contributed by atoms with E-state index in [2.05, 4.69) is 14.8 Å². The van der Waals surface area contributed by atoms with Gasteiger partial charge in [0.05, 0.1) is 19.1 Å². The molecule has 1 aromatic rings. The molecule has 0 aliphatic rings. The Labute approximate surface area is 87.5 Å². The van der Waals surface area contributed by atoms with Gasteiger partial charge in [-0.3, -0.25) is 9.48 Å². The number of hydrogen-bond acceptors (Lipinski definition) is 5. The van der Waals surface area contributed by atoms with Crippen LogP contribution in [0.25, 0.3) is 0 Å². The van der Waals surface area contributed by atoms with Gasteiger partial charge in [-0.25, -0.2) is 4.98 Å². The second-order valence-electron chi connectivity index (χ2n) is 3.75. The average molecular weight is 208 g/mol. The van der Waals surface area contributed by atoms with Crippen LogP contribution in [0.4, 0.5) is 0 Å². The Bertz CT molecular complexity index is 402. The zero-order valence-electron chi connectivity index (χ0n) is 8.89. The van der Waals surface area contributed by atoms with E-state index in [1.807, 2.05) is 6.07 Å². The fraction of sp³-hybridized carbons (Fsp3) is 0.556. The minimum absolute atomic E-state index is 0.0932. The van der Waals surface area contributed by atoms with Crippen molar-refractivity contribution in [2.45, 2.75) is 20.4 Å². The van der Waals surface area contributed by atoms with Gasteiger partial charge in [0.2, 0.25) is 0 Å². The van der Waals surface area contributed by atoms with Crippen LogP contribution in [0.1, 0.15) is 19.7 Å². The van der Waals surface area contributed by atoms with Crippen molar-refractivity contribution in [1.29, 1.82) is 5.26 Å². The normalized spacial score (nSPS) is 10.8. The Morgan fingerprint density at radius 1 is 1.73 bits per heavy atom. The van der Waals surface area contributed by atoms with E-state index in [1.165, 1.54) is 18.1 Å². The molecule has 0 saturated carbocycles. The van der Waals surface area contributed by atoms with Crippen molar-refractivity contribution in [2.24, 2.45) is 5.41 Å². The highest BCUT2D eigenvalue weighted by Gasteiger charge is 2.29. The molecule has 0 saturated heterocycles. The summed E-state index contributed by atoms with van der Waals surface area (Å²) in [5.74, 6) is -0.229. The Balaban J connectivity index is 2.77. The van der Waals surface area contributed by atoms with Crippen molar-refractivity contribution in [3.63, 3.8) is 0 Å². The summed E-state index contributed by atoms with van der Waals surface area (Å²) < 4.78 is 6.11. The van der Waals surface area contributed by atoms with Crippen LogP contribution in [0.2, 0.25) is 0 Å². The van der Waals surface area contributed by atoms with Crippen LogP contribution < -0.4 is 0 Å². The minimum atomic E-state index is -0.685. The van der Waals surface area contributed by atoms with Crippen LogP contribution in [0.5, 0.6) is 0 Å². The second-order valence-corrected chi connectivity index (χ2v) is 3.75. The first-order chi connectivity index (χ1) is 6.99. The molecule has 80 valence electrons. The van der Waals surface area contributed by atoms with Gasteiger partial charge in [0.1, 0.15) is 12.4 Å². The SMILES string of the molecule is COC(=O)C(C)(C)Cn1cnc(C#N)n1. The summed E-state index contributed by atoms with van der Waals surface area (Å²) in [6.07, 6.45) is 1.42. The number of esters is 1. The number of methoxy groups -OCH3 is 1. The smallest absolute Gasteiger partial charge is 0.313 e. The van der Waals surface area contributed by atoms with E-state index >= 15 is 0 Å². The van der Waals surface area contributed by atoms with Gasteiger partial charge in [0.25, 0.3) is 5.82 Å². The Morgan fingerprint density at radius 2 is 2.40 bits per heavy atom. The third kappa shape index (κ3) is 2.53. The van der Waals surface area contributed by atoms with E-state index in [4.69, 9.17) is 5.26 Å². The van der Waals surface area contributed by atoms with Crippen molar-refractivity contribution >= 4 is 5.97 Å². The summed E-state index contributed by atoms with van der Waals surface area (Å²) in [5.41, 5.74) is -0.685. The van der Waals surface area contributed by atoms with Crippen molar-refractivity contribution in [3.05, 3.63) is 12.2 Å². The van der Waals surface area contributed by atoms with E-state index in [1.54, 1.807) is 13.8 Å². The van der Waals surface area contributed by atoms with Crippen LogP contribution in [-0.4, -0.2) is 27.8 Å². The lowest BCUT2D eigenvalue weighted by atomic mass is 9.94. The summed E-state index contributed by atoms with van der Waals surface area (Å²) in [6, 6.07) is 1.82. The standard InChI is InChI=1S/C9H12N4O2/c1-9(2,8(14)15-3)5-13-6-11-7(4-10)12-13/h6H,5H2,1-3H3. The first kappa shape index (κ1) is 11.2. The summed E-state index contributed by atoms with van der Waals surface area (Å²) >= 11 is 0. The molecule has 1 rings (SSSR count). The fourth-order valence-electron chi connectivity index (χ4n) is 1.17. The van der Waals surface area contributed by atoms with E-state index in [9.17, 15) is 4.79 Å². The molecule has 0 amide bonds. The lowest BCUT2D eigenvalue weighted by Gasteiger charge is -2.20. The largest absolute Gasteiger partial charge is 0.469 e. The number of hydrogen-bond donors (Lipinski definition) is 0. The second kappa shape index (κ2) is 4.09. The Morgan fingerprint density at radius 3 is 2.87 bits per heavy atom. The number of nitriles is 1. The van der Waals surface area contributed by atoms with Crippen LogP contribution in [0, 0.1) is 16.7 Å². The van der Waals surface area contributed by atoms with Crippen molar-refractivity contribution in [1.82, 2.24) is 14.8 Å². The molecule has 0 aromatic carbocycles. The summed E-state index contributed by atoms with van der Waals surface area (Å²) in [7, 11) is 1.34. The molecule has 6 heteroatoms. The van der Waals surface area contributed by atoms with Gasteiger partial charge in [-0.05, 0) is 13.8 Å². The van der Waals surface area contributed by atoms with Gasteiger partial charge < -0.3 is 4.74 Å². The molecule has 0 bridgehead atoms. The van der Waals surface area contributed by atoms with Gasteiger partial charge in [-0.15, -0.1) is 5.10 Å². The molecule has 6 nitrogen and oxygen atoms in total. The minimum Gasteiger partial charge on any atom is -0.469 e.